The molecule has 0 atom stereocenters. The lowest BCUT2D eigenvalue weighted by Crippen LogP contribution is -2.13. The molecule has 0 aliphatic heterocycles. The maximum Gasteiger partial charge on any atom is 0.277 e. The summed E-state index contributed by atoms with van der Waals surface area (Å²) in [5.41, 5.74) is 2.89. The Morgan fingerprint density at radius 3 is 2.91 bits per heavy atom. The van der Waals surface area contributed by atoms with Crippen molar-refractivity contribution in [2.75, 3.05) is 5.32 Å². The second-order valence-corrected chi connectivity index (χ2v) is 5.55. The lowest BCUT2D eigenvalue weighted by molar-refractivity contribution is 0.102. The van der Waals surface area contributed by atoms with Crippen molar-refractivity contribution >= 4 is 22.4 Å². The molecule has 3 heterocycles. The Labute approximate surface area is 131 Å². The van der Waals surface area contributed by atoms with Crippen LogP contribution in [-0.2, 0) is 6.54 Å². The van der Waals surface area contributed by atoms with Crippen molar-refractivity contribution in [1.29, 1.82) is 0 Å². The number of anilines is 1. The van der Waals surface area contributed by atoms with Gasteiger partial charge in [-0.05, 0) is 32.0 Å². The first-order chi connectivity index (χ1) is 10.7. The third-order valence-electron chi connectivity index (χ3n) is 3.17. The van der Waals surface area contributed by atoms with Gasteiger partial charge in [0.25, 0.3) is 5.91 Å². The average molecular weight is 313 g/mol. The summed E-state index contributed by atoms with van der Waals surface area (Å²) in [5, 5.41) is 9.44. The molecule has 1 amide bonds. The molecule has 3 aromatic rings. The maximum atomic E-state index is 12.2. The fourth-order valence-corrected chi connectivity index (χ4v) is 2.76. The Morgan fingerprint density at radius 2 is 2.23 bits per heavy atom. The minimum atomic E-state index is -0.253. The minimum Gasteiger partial charge on any atom is -0.296 e. The lowest BCUT2D eigenvalue weighted by atomic mass is 10.3. The van der Waals surface area contributed by atoms with Crippen molar-refractivity contribution < 1.29 is 4.79 Å². The van der Waals surface area contributed by atoms with E-state index in [0.717, 1.165) is 23.6 Å². The molecule has 0 saturated carbocycles. The SMILES string of the molecule is CCn1nc(C(=O)Nc2nc(-c3ccccn3)cs2)cc1C. The van der Waals surface area contributed by atoms with E-state index in [0.29, 0.717) is 10.8 Å². The number of carbonyl (C=O) groups excluding carboxylic acids is 1. The largest absolute Gasteiger partial charge is 0.296 e. The normalized spacial score (nSPS) is 10.6. The van der Waals surface area contributed by atoms with E-state index in [1.807, 2.05) is 37.4 Å². The van der Waals surface area contributed by atoms with Crippen molar-refractivity contribution in [2.24, 2.45) is 0 Å². The molecular weight excluding hydrogens is 298 g/mol. The minimum absolute atomic E-state index is 0.253. The van der Waals surface area contributed by atoms with Crippen LogP contribution < -0.4 is 5.32 Å². The van der Waals surface area contributed by atoms with Crippen LogP contribution in [0.3, 0.4) is 0 Å². The van der Waals surface area contributed by atoms with Crippen LogP contribution in [0, 0.1) is 6.92 Å². The number of nitrogens with one attached hydrogen (secondary N) is 1. The van der Waals surface area contributed by atoms with E-state index in [1.54, 1.807) is 16.9 Å². The summed E-state index contributed by atoms with van der Waals surface area (Å²) < 4.78 is 1.79. The van der Waals surface area contributed by atoms with E-state index < -0.39 is 0 Å². The van der Waals surface area contributed by atoms with Gasteiger partial charge in [0.2, 0.25) is 0 Å². The van der Waals surface area contributed by atoms with Gasteiger partial charge in [0.15, 0.2) is 10.8 Å². The van der Waals surface area contributed by atoms with Gasteiger partial charge in [0, 0.05) is 23.8 Å². The Bertz CT molecular complexity index is 793. The highest BCUT2D eigenvalue weighted by Crippen LogP contribution is 2.23. The first-order valence-corrected chi connectivity index (χ1v) is 7.78. The van der Waals surface area contributed by atoms with Crippen molar-refractivity contribution in [3.05, 3.63) is 47.2 Å². The quantitative estimate of drug-likeness (QED) is 0.803. The predicted molar refractivity (Wildman–Crippen MR) is 85.9 cm³/mol. The number of hydrogen-bond acceptors (Lipinski definition) is 5. The molecule has 0 bridgehead atoms. The molecule has 0 aliphatic rings. The zero-order chi connectivity index (χ0) is 15.5. The van der Waals surface area contributed by atoms with E-state index in [4.69, 9.17) is 0 Å². The molecule has 0 aromatic carbocycles. The van der Waals surface area contributed by atoms with Crippen LogP contribution in [0.2, 0.25) is 0 Å². The molecule has 0 saturated heterocycles. The van der Waals surface area contributed by atoms with E-state index in [1.165, 1.54) is 11.3 Å². The molecule has 0 unspecified atom stereocenters. The van der Waals surface area contributed by atoms with Crippen molar-refractivity contribution in [3.63, 3.8) is 0 Å². The molecule has 22 heavy (non-hydrogen) atoms. The molecule has 3 rings (SSSR count). The highest BCUT2D eigenvalue weighted by molar-refractivity contribution is 7.14. The molecule has 6 nitrogen and oxygen atoms in total. The van der Waals surface area contributed by atoms with Gasteiger partial charge in [-0.1, -0.05) is 6.07 Å². The summed E-state index contributed by atoms with van der Waals surface area (Å²) in [7, 11) is 0. The number of amides is 1. The number of hydrogen-bond donors (Lipinski definition) is 1. The Balaban J connectivity index is 1.76. The first-order valence-electron chi connectivity index (χ1n) is 6.90. The molecule has 112 valence electrons. The standard InChI is InChI=1S/C15H15N5OS/c1-3-20-10(2)8-12(19-20)14(21)18-15-17-13(9-22-15)11-6-4-5-7-16-11/h4-9H,3H2,1-2H3,(H,17,18,21). The third-order valence-corrected chi connectivity index (χ3v) is 3.92. The molecule has 0 aliphatic carbocycles. The zero-order valence-electron chi connectivity index (χ0n) is 12.3. The molecule has 3 aromatic heterocycles. The number of pyridine rings is 1. The number of aryl methyl sites for hydroxylation is 2. The molecule has 0 radical (unpaired) electrons. The summed E-state index contributed by atoms with van der Waals surface area (Å²) >= 11 is 1.37. The van der Waals surface area contributed by atoms with Crippen molar-refractivity contribution in [3.8, 4) is 11.4 Å². The van der Waals surface area contributed by atoms with Gasteiger partial charge < -0.3 is 0 Å². The first kappa shape index (κ1) is 14.4. The van der Waals surface area contributed by atoms with Gasteiger partial charge in [-0.3, -0.25) is 19.8 Å². The van der Waals surface area contributed by atoms with Gasteiger partial charge in [0.05, 0.1) is 5.69 Å². The van der Waals surface area contributed by atoms with Gasteiger partial charge in [-0.25, -0.2) is 4.98 Å². The van der Waals surface area contributed by atoms with E-state index >= 15 is 0 Å². The van der Waals surface area contributed by atoms with Crippen LogP contribution >= 0.6 is 11.3 Å². The number of carbonyl (C=O) groups is 1. The van der Waals surface area contributed by atoms with Crippen LogP contribution in [0.5, 0.6) is 0 Å². The van der Waals surface area contributed by atoms with Crippen LogP contribution in [0.25, 0.3) is 11.4 Å². The molecular formula is C15H15N5OS. The zero-order valence-corrected chi connectivity index (χ0v) is 13.1. The van der Waals surface area contributed by atoms with Crippen LogP contribution in [-0.4, -0.2) is 25.7 Å². The fraction of sp³-hybridized carbons (Fsp3) is 0.200. The summed E-state index contributed by atoms with van der Waals surface area (Å²) in [5.74, 6) is -0.253. The Morgan fingerprint density at radius 1 is 1.36 bits per heavy atom. The smallest absolute Gasteiger partial charge is 0.277 e. The third kappa shape index (κ3) is 2.89. The van der Waals surface area contributed by atoms with E-state index in [-0.39, 0.29) is 5.91 Å². The number of thiazole rings is 1. The van der Waals surface area contributed by atoms with Crippen molar-refractivity contribution in [2.45, 2.75) is 20.4 Å². The molecule has 0 spiro atoms. The van der Waals surface area contributed by atoms with Gasteiger partial charge in [-0.15, -0.1) is 11.3 Å². The summed E-state index contributed by atoms with van der Waals surface area (Å²) in [6.07, 6.45) is 1.72. The summed E-state index contributed by atoms with van der Waals surface area (Å²) in [4.78, 5) is 20.8. The monoisotopic (exact) mass is 313 g/mol. The number of rotatable bonds is 4. The Hall–Kier alpha value is -2.54. The van der Waals surface area contributed by atoms with E-state index in [2.05, 4.69) is 20.4 Å². The summed E-state index contributed by atoms with van der Waals surface area (Å²) in [6, 6.07) is 7.41. The Kier molecular flexibility index (Phi) is 3.97. The number of aromatic nitrogens is 4. The fourth-order valence-electron chi connectivity index (χ4n) is 2.07. The number of nitrogens with zero attached hydrogens (tertiary/aromatic N) is 4. The molecule has 1 N–H and O–H groups in total. The van der Waals surface area contributed by atoms with Gasteiger partial charge >= 0.3 is 0 Å². The van der Waals surface area contributed by atoms with Crippen LogP contribution in [0.4, 0.5) is 5.13 Å². The highest BCUT2D eigenvalue weighted by Gasteiger charge is 2.14. The molecule has 7 heteroatoms. The van der Waals surface area contributed by atoms with Crippen LogP contribution in [0.1, 0.15) is 23.1 Å². The predicted octanol–water partition coefficient (Wildman–Crippen LogP) is 2.98. The average Bonchev–Trinajstić information content (AvgIpc) is 3.14. The second kappa shape index (κ2) is 6.07. The highest BCUT2D eigenvalue weighted by atomic mass is 32.1. The lowest BCUT2D eigenvalue weighted by Gasteiger charge is -1.98. The maximum absolute atomic E-state index is 12.2. The van der Waals surface area contributed by atoms with Crippen LogP contribution in [0.15, 0.2) is 35.8 Å². The van der Waals surface area contributed by atoms with E-state index in [9.17, 15) is 4.79 Å². The van der Waals surface area contributed by atoms with Gasteiger partial charge in [0.1, 0.15) is 5.69 Å². The van der Waals surface area contributed by atoms with Crippen molar-refractivity contribution in [1.82, 2.24) is 19.7 Å². The molecule has 0 fully saturated rings. The summed E-state index contributed by atoms with van der Waals surface area (Å²) in [6.45, 7) is 4.65. The second-order valence-electron chi connectivity index (χ2n) is 4.69. The topological polar surface area (TPSA) is 72.7 Å². The van der Waals surface area contributed by atoms with Gasteiger partial charge in [-0.2, -0.15) is 5.10 Å².